The minimum Gasteiger partial charge on any atom is -0.348 e. The summed E-state index contributed by atoms with van der Waals surface area (Å²) < 4.78 is 14.2. The Balaban J connectivity index is 1.81. The highest BCUT2D eigenvalue weighted by atomic mass is 35.5. The predicted octanol–water partition coefficient (Wildman–Crippen LogP) is 5.37. The molecule has 2 heterocycles. The number of fused-ring (bicyclic) bond motifs is 2. The molecule has 0 bridgehead atoms. The number of nitrogens with one attached hydrogen (secondary N) is 2. The van der Waals surface area contributed by atoms with Crippen molar-refractivity contribution in [3.8, 4) is 0 Å². The highest BCUT2D eigenvalue weighted by Gasteiger charge is 2.61. The van der Waals surface area contributed by atoms with Gasteiger partial charge in [-0.15, -0.1) is 0 Å². The molecular weight excluding hydrogens is 438 g/mol. The van der Waals surface area contributed by atoms with Crippen LogP contribution in [0.4, 0.5) is 10.1 Å². The van der Waals surface area contributed by atoms with Crippen molar-refractivity contribution in [3.63, 3.8) is 0 Å². The predicted molar refractivity (Wildman–Crippen MR) is 118 cm³/mol. The van der Waals surface area contributed by atoms with Crippen LogP contribution in [0, 0.1) is 5.82 Å². The number of amides is 2. The van der Waals surface area contributed by atoms with Gasteiger partial charge in [-0.05, 0) is 53.1 Å². The molecule has 0 aliphatic carbocycles. The molecule has 0 aromatic heterocycles. The van der Waals surface area contributed by atoms with Gasteiger partial charge < -0.3 is 10.6 Å². The van der Waals surface area contributed by atoms with E-state index in [4.69, 9.17) is 23.2 Å². The second-order valence-corrected chi connectivity index (χ2v) is 8.75. The van der Waals surface area contributed by atoms with E-state index in [2.05, 4.69) is 10.6 Å². The Morgan fingerprint density at radius 3 is 2.42 bits per heavy atom. The van der Waals surface area contributed by atoms with Crippen LogP contribution in [0.5, 0.6) is 0 Å². The summed E-state index contributed by atoms with van der Waals surface area (Å²) in [5.41, 5.74) is 1.37. The van der Waals surface area contributed by atoms with Crippen molar-refractivity contribution in [3.05, 3.63) is 99.3 Å². The van der Waals surface area contributed by atoms with E-state index in [0.717, 1.165) is 5.56 Å². The molecule has 3 aromatic rings. The molecule has 3 unspecified atom stereocenters. The monoisotopic (exact) mass is 454 g/mol. The maximum absolute atomic E-state index is 14.2. The molecule has 31 heavy (non-hydrogen) atoms. The van der Waals surface area contributed by atoms with Crippen molar-refractivity contribution in [1.29, 1.82) is 0 Å². The van der Waals surface area contributed by atoms with Gasteiger partial charge in [0.1, 0.15) is 11.2 Å². The molecular formula is C24H17Cl2FN2O2. The van der Waals surface area contributed by atoms with E-state index in [-0.39, 0.29) is 18.2 Å². The van der Waals surface area contributed by atoms with E-state index in [1.165, 1.54) is 12.1 Å². The summed E-state index contributed by atoms with van der Waals surface area (Å²) in [5, 5.41) is 6.90. The number of halogens is 3. The fourth-order valence-electron chi connectivity index (χ4n) is 4.98. The van der Waals surface area contributed by atoms with Crippen LogP contribution in [0.1, 0.15) is 35.1 Å². The summed E-state index contributed by atoms with van der Waals surface area (Å²) in [6.45, 7) is 0. The van der Waals surface area contributed by atoms with Gasteiger partial charge in [0.05, 0.1) is 6.04 Å². The molecule has 156 valence electrons. The summed E-state index contributed by atoms with van der Waals surface area (Å²) in [5.74, 6) is -1.46. The number of hydrogen-bond donors (Lipinski definition) is 2. The van der Waals surface area contributed by atoms with E-state index in [1.54, 1.807) is 48.5 Å². The van der Waals surface area contributed by atoms with Crippen molar-refractivity contribution in [2.45, 2.75) is 23.8 Å². The maximum Gasteiger partial charge on any atom is 0.238 e. The minimum absolute atomic E-state index is 0.0850. The van der Waals surface area contributed by atoms with Crippen LogP contribution in [-0.2, 0) is 15.0 Å². The van der Waals surface area contributed by atoms with Gasteiger partial charge in [0.15, 0.2) is 0 Å². The zero-order valence-corrected chi connectivity index (χ0v) is 17.7. The highest BCUT2D eigenvalue weighted by molar-refractivity contribution is 6.31. The van der Waals surface area contributed by atoms with E-state index in [9.17, 15) is 14.0 Å². The van der Waals surface area contributed by atoms with Crippen molar-refractivity contribution < 1.29 is 14.0 Å². The molecule has 1 fully saturated rings. The van der Waals surface area contributed by atoms with Crippen LogP contribution in [0.2, 0.25) is 10.0 Å². The summed E-state index contributed by atoms with van der Waals surface area (Å²) in [7, 11) is 0. The summed E-state index contributed by atoms with van der Waals surface area (Å²) in [4.78, 5) is 26.6. The average molecular weight is 455 g/mol. The SMILES string of the molecule is O=C1CC(c2cccc(Cl)c2)C2(C(=O)Nc3cc(Cl)ccc32)C(c2cccc(F)c2)N1. The molecule has 7 heteroatoms. The molecule has 4 nitrogen and oxygen atoms in total. The van der Waals surface area contributed by atoms with E-state index < -0.39 is 23.2 Å². The van der Waals surface area contributed by atoms with Crippen LogP contribution in [0.15, 0.2) is 66.7 Å². The third-order valence-electron chi connectivity index (χ3n) is 6.18. The van der Waals surface area contributed by atoms with Crippen LogP contribution >= 0.6 is 23.2 Å². The van der Waals surface area contributed by atoms with Crippen LogP contribution < -0.4 is 10.6 Å². The van der Waals surface area contributed by atoms with Gasteiger partial charge in [-0.1, -0.05) is 53.5 Å². The van der Waals surface area contributed by atoms with Gasteiger partial charge >= 0.3 is 0 Å². The average Bonchev–Trinajstić information content (AvgIpc) is 3.01. The van der Waals surface area contributed by atoms with Gasteiger partial charge in [0, 0.05) is 28.1 Å². The first-order chi connectivity index (χ1) is 14.9. The lowest BCUT2D eigenvalue weighted by Crippen LogP contribution is -2.56. The topological polar surface area (TPSA) is 58.2 Å². The Labute approximate surface area is 188 Å². The minimum atomic E-state index is -1.20. The van der Waals surface area contributed by atoms with Crippen molar-refractivity contribution >= 4 is 40.7 Å². The summed E-state index contributed by atoms with van der Waals surface area (Å²) >= 11 is 12.4. The molecule has 2 aliphatic rings. The first-order valence-corrected chi connectivity index (χ1v) is 10.6. The maximum atomic E-state index is 14.2. The Bertz CT molecular complexity index is 1170. The Morgan fingerprint density at radius 2 is 1.65 bits per heavy atom. The fraction of sp³-hybridized carbons (Fsp3) is 0.167. The number of rotatable bonds is 2. The molecule has 0 saturated carbocycles. The lowest BCUT2D eigenvalue weighted by atomic mass is 9.59. The van der Waals surface area contributed by atoms with E-state index in [0.29, 0.717) is 26.9 Å². The normalized spacial score (nSPS) is 24.6. The third-order valence-corrected chi connectivity index (χ3v) is 6.65. The standard InChI is InChI=1S/C24H17Cl2FN2O2/c25-15-5-1-3-13(9-15)19-12-21(30)29-22(14-4-2-6-17(27)10-14)24(19)18-8-7-16(26)11-20(18)28-23(24)31/h1-11,19,22H,12H2,(H,28,31)(H,29,30). The summed E-state index contributed by atoms with van der Waals surface area (Å²) in [6.07, 6.45) is 0.0850. The van der Waals surface area contributed by atoms with Crippen LogP contribution in [0.25, 0.3) is 0 Å². The second-order valence-electron chi connectivity index (χ2n) is 7.88. The highest BCUT2D eigenvalue weighted by Crippen LogP contribution is 2.57. The van der Waals surface area contributed by atoms with Crippen molar-refractivity contribution in [2.75, 3.05) is 5.32 Å². The van der Waals surface area contributed by atoms with E-state index in [1.807, 2.05) is 6.07 Å². The second kappa shape index (κ2) is 7.36. The number of hydrogen-bond acceptors (Lipinski definition) is 2. The molecule has 0 radical (unpaired) electrons. The largest absolute Gasteiger partial charge is 0.348 e. The van der Waals surface area contributed by atoms with Gasteiger partial charge in [-0.3, -0.25) is 9.59 Å². The first-order valence-electron chi connectivity index (χ1n) is 9.81. The quantitative estimate of drug-likeness (QED) is 0.546. The van der Waals surface area contributed by atoms with Gasteiger partial charge in [0.25, 0.3) is 0 Å². The first kappa shape index (κ1) is 20.0. The van der Waals surface area contributed by atoms with Crippen molar-refractivity contribution in [2.24, 2.45) is 0 Å². The lowest BCUT2D eigenvalue weighted by Gasteiger charge is -2.46. The third kappa shape index (κ3) is 3.11. The molecule has 2 N–H and O–H groups in total. The lowest BCUT2D eigenvalue weighted by molar-refractivity contribution is -0.131. The molecule has 1 spiro atoms. The Morgan fingerprint density at radius 1 is 0.903 bits per heavy atom. The number of piperidine rings is 1. The van der Waals surface area contributed by atoms with Crippen molar-refractivity contribution in [1.82, 2.24) is 5.32 Å². The molecule has 3 aromatic carbocycles. The molecule has 2 amide bonds. The zero-order chi connectivity index (χ0) is 21.8. The van der Waals surface area contributed by atoms with Crippen LogP contribution in [0.3, 0.4) is 0 Å². The Kier molecular flexibility index (Phi) is 4.76. The molecule has 3 atom stereocenters. The Hall–Kier alpha value is -2.89. The van der Waals surface area contributed by atoms with Gasteiger partial charge in [-0.25, -0.2) is 4.39 Å². The number of benzene rings is 3. The zero-order valence-electron chi connectivity index (χ0n) is 16.2. The smallest absolute Gasteiger partial charge is 0.238 e. The van der Waals surface area contributed by atoms with Gasteiger partial charge in [-0.2, -0.15) is 0 Å². The fourth-order valence-corrected chi connectivity index (χ4v) is 5.35. The number of anilines is 1. The van der Waals surface area contributed by atoms with Gasteiger partial charge in [0.2, 0.25) is 11.8 Å². The molecule has 5 rings (SSSR count). The van der Waals surface area contributed by atoms with E-state index >= 15 is 0 Å². The summed E-state index contributed by atoms with van der Waals surface area (Å²) in [6, 6.07) is 17.6. The molecule has 2 aliphatic heterocycles. The number of carbonyl (C=O) groups is 2. The number of carbonyl (C=O) groups excluding carboxylic acids is 2. The molecule has 1 saturated heterocycles. The van der Waals surface area contributed by atoms with Crippen LogP contribution in [-0.4, -0.2) is 11.8 Å².